The Labute approximate surface area is 191 Å². The molecular formula is C24H25N3O6. The number of benzene rings is 2. The lowest BCUT2D eigenvalue weighted by atomic mass is 9.95. The highest BCUT2D eigenvalue weighted by Gasteiger charge is 2.46. The fourth-order valence-corrected chi connectivity index (χ4v) is 4.31. The van der Waals surface area contributed by atoms with Gasteiger partial charge in [-0.2, -0.15) is 0 Å². The van der Waals surface area contributed by atoms with E-state index in [-0.39, 0.29) is 23.6 Å². The highest BCUT2D eigenvalue weighted by molar-refractivity contribution is 6.46. The first-order valence-electron chi connectivity index (χ1n) is 10.9. The number of morpholine rings is 1. The highest BCUT2D eigenvalue weighted by atomic mass is 16.6. The van der Waals surface area contributed by atoms with Crippen molar-refractivity contribution in [3.63, 3.8) is 0 Å². The first kappa shape index (κ1) is 22.6. The van der Waals surface area contributed by atoms with E-state index in [0.29, 0.717) is 30.8 Å². The predicted octanol–water partition coefficient (Wildman–Crippen LogP) is 2.74. The maximum atomic E-state index is 13.0. The minimum absolute atomic E-state index is 0.0573. The molecule has 0 saturated carbocycles. The molecule has 2 heterocycles. The Hall–Kier alpha value is -3.56. The van der Waals surface area contributed by atoms with Gasteiger partial charge in [0.25, 0.3) is 17.4 Å². The van der Waals surface area contributed by atoms with E-state index in [1.165, 1.54) is 23.1 Å². The monoisotopic (exact) mass is 451 g/mol. The molecule has 33 heavy (non-hydrogen) atoms. The number of hydrogen-bond donors (Lipinski definition) is 1. The summed E-state index contributed by atoms with van der Waals surface area (Å²) < 4.78 is 5.36. The van der Waals surface area contributed by atoms with Gasteiger partial charge in [-0.05, 0) is 12.0 Å². The lowest BCUT2D eigenvalue weighted by Crippen LogP contribution is -2.39. The summed E-state index contributed by atoms with van der Waals surface area (Å²) in [6.07, 6.45) is 0.615. The van der Waals surface area contributed by atoms with E-state index < -0.39 is 22.7 Å². The van der Waals surface area contributed by atoms with Crippen LogP contribution in [0.1, 0.15) is 23.6 Å². The van der Waals surface area contributed by atoms with Crippen molar-refractivity contribution in [3.8, 4) is 0 Å². The Morgan fingerprint density at radius 2 is 1.79 bits per heavy atom. The van der Waals surface area contributed by atoms with Gasteiger partial charge >= 0.3 is 0 Å². The van der Waals surface area contributed by atoms with Crippen molar-refractivity contribution in [1.82, 2.24) is 9.80 Å². The Balaban J connectivity index is 1.70. The Morgan fingerprint density at radius 3 is 2.48 bits per heavy atom. The summed E-state index contributed by atoms with van der Waals surface area (Å²) in [6.45, 7) is 3.94. The number of hydrogen-bond acceptors (Lipinski definition) is 7. The van der Waals surface area contributed by atoms with Gasteiger partial charge in [0.15, 0.2) is 0 Å². The second-order valence-electron chi connectivity index (χ2n) is 8.02. The van der Waals surface area contributed by atoms with E-state index in [0.717, 1.165) is 19.6 Å². The smallest absolute Gasteiger partial charge is 0.295 e. The van der Waals surface area contributed by atoms with Gasteiger partial charge in [0, 0.05) is 43.9 Å². The number of ketones is 1. The number of aliphatic hydroxyl groups excluding tert-OH is 1. The lowest BCUT2D eigenvalue weighted by molar-refractivity contribution is -0.384. The van der Waals surface area contributed by atoms with Gasteiger partial charge in [-0.3, -0.25) is 24.6 Å². The first-order valence-corrected chi connectivity index (χ1v) is 10.9. The van der Waals surface area contributed by atoms with E-state index in [2.05, 4.69) is 4.90 Å². The van der Waals surface area contributed by atoms with Crippen LogP contribution >= 0.6 is 0 Å². The maximum Gasteiger partial charge on any atom is 0.295 e. The number of nitro benzene ring substituents is 1. The third-order valence-corrected chi connectivity index (χ3v) is 5.96. The van der Waals surface area contributed by atoms with Gasteiger partial charge in [0.1, 0.15) is 5.76 Å². The average molecular weight is 451 g/mol. The molecule has 2 aromatic rings. The van der Waals surface area contributed by atoms with Crippen molar-refractivity contribution in [2.24, 2.45) is 0 Å². The number of nitrogens with zero attached hydrogens (tertiary/aromatic N) is 3. The number of carbonyl (C=O) groups excluding carboxylic acids is 2. The molecule has 2 aromatic carbocycles. The Kier molecular flexibility index (Phi) is 6.81. The van der Waals surface area contributed by atoms with E-state index in [1.807, 2.05) is 0 Å². The molecule has 4 rings (SSSR count). The fourth-order valence-electron chi connectivity index (χ4n) is 4.31. The van der Waals surface area contributed by atoms with Gasteiger partial charge in [-0.25, -0.2) is 0 Å². The van der Waals surface area contributed by atoms with Crippen LogP contribution in [0.4, 0.5) is 5.69 Å². The molecule has 9 heteroatoms. The Bertz CT molecular complexity index is 1080. The van der Waals surface area contributed by atoms with Gasteiger partial charge in [-0.1, -0.05) is 42.5 Å². The highest BCUT2D eigenvalue weighted by Crippen LogP contribution is 2.40. The van der Waals surface area contributed by atoms with Gasteiger partial charge in [-0.15, -0.1) is 0 Å². The van der Waals surface area contributed by atoms with Crippen LogP contribution in [0.2, 0.25) is 0 Å². The largest absolute Gasteiger partial charge is 0.507 e. The van der Waals surface area contributed by atoms with Crippen LogP contribution in [0.3, 0.4) is 0 Å². The Morgan fingerprint density at radius 1 is 1.06 bits per heavy atom. The average Bonchev–Trinajstić information content (AvgIpc) is 3.10. The van der Waals surface area contributed by atoms with Gasteiger partial charge < -0.3 is 14.7 Å². The first-order chi connectivity index (χ1) is 16.0. The van der Waals surface area contributed by atoms with Crippen LogP contribution in [0.5, 0.6) is 0 Å². The number of ether oxygens (including phenoxy) is 1. The van der Waals surface area contributed by atoms with E-state index in [4.69, 9.17) is 4.74 Å². The van der Waals surface area contributed by atoms with Crippen molar-refractivity contribution in [2.45, 2.75) is 12.5 Å². The molecule has 9 nitrogen and oxygen atoms in total. The molecular weight excluding hydrogens is 426 g/mol. The maximum absolute atomic E-state index is 13.0. The number of rotatable bonds is 7. The quantitative estimate of drug-likeness (QED) is 0.226. The molecule has 172 valence electrons. The molecule has 0 bridgehead atoms. The number of non-ortho nitro benzene ring substituents is 1. The van der Waals surface area contributed by atoms with E-state index >= 15 is 0 Å². The van der Waals surface area contributed by atoms with E-state index in [1.54, 1.807) is 36.4 Å². The van der Waals surface area contributed by atoms with Crippen molar-refractivity contribution in [1.29, 1.82) is 0 Å². The molecule has 2 fully saturated rings. The number of carbonyl (C=O) groups is 2. The van der Waals surface area contributed by atoms with Gasteiger partial charge in [0.2, 0.25) is 0 Å². The number of amides is 1. The second-order valence-corrected chi connectivity index (χ2v) is 8.02. The fraction of sp³-hybridized carbons (Fsp3) is 0.333. The summed E-state index contributed by atoms with van der Waals surface area (Å²) in [5.41, 5.74) is 0.607. The topological polar surface area (TPSA) is 113 Å². The predicted molar refractivity (Wildman–Crippen MR) is 120 cm³/mol. The van der Waals surface area contributed by atoms with Crippen LogP contribution < -0.4 is 0 Å². The molecule has 0 spiro atoms. The zero-order chi connectivity index (χ0) is 23.4. The SMILES string of the molecule is O=C1C(=O)N(CCCN2CCOCC2)[C@H](c2cccc([N+](=O)[O-])c2)/C1=C(\O)c1ccccc1. The van der Waals surface area contributed by atoms with Crippen LogP contribution in [0.15, 0.2) is 60.2 Å². The molecule has 0 aliphatic carbocycles. The van der Waals surface area contributed by atoms with Crippen LogP contribution in [0.25, 0.3) is 5.76 Å². The molecule has 2 aliphatic rings. The summed E-state index contributed by atoms with van der Waals surface area (Å²) in [4.78, 5) is 40.5. The minimum atomic E-state index is -0.908. The molecule has 2 saturated heterocycles. The third kappa shape index (κ3) is 4.79. The second kappa shape index (κ2) is 9.93. The number of likely N-dealkylation sites (tertiary alicyclic amines) is 1. The van der Waals surface area contributed by atoms with Crippen molar-refractivity contribution in [3.05, 3.63) is 81.4 Å². The van der Waals surface area contributed by atoms with Crippen LogP contribution in [-0.4, -0.2) is 70.9 Å². The molecule has 2 aliphatic heterocycles. The van der Waals surface area contributed by atoms with Crippen molar-refractivity contribution < 1.29 is 24.4 Å². The number of nitro groups is 1. The standard InChI is InChI=1S/C24H25N3O6/c28-22(17-6-2-1-3-7-17)20-21(18-8-4-9-19(16-18)27(31)32)26(24(30)23(20)29)11-5-10-25-12-14-33-15-13-25/h1-4,6-9,16,21,28H,5,10-15H2/b22-20+/t21-/m1/s1. The normalized spacial score (nSPS) is 20.8. The molecule has 0 radical (unpaired) electrons. The molecule has 0 aromatic heterocycles. The molecule has 0 unspecified atom stereocenters. The van der Waals surface area contributed by atoms with Crippen molar-refractivity contribution >= 4 is 23.1 Å². The third-order valence-electron chi connectivity index (χ3n) is 5.96. The number of aliphatic hydroxyl groups is 1. The molecule has 1 amide bonds. The zero-order valence-electron chi connectivity index (χ0n) is 18.1. The molecule has 1 N–H and O–H groups in total. The van der Waals surface area contributed by atoms with Crippen molar-refractivity contribution in [2.75, 3.05) is 39.4 Å². The lowest BCUT2D eigenvalue weighted by Gasteiger charge is -2.29. The number of Topliss-reactive ketones (excluding diaryl/α,β-unsaturated/α-hetero) is 1. The minimum Gasteiger partial charge on any atom is -0.507 e. The summed E-state index contributed by atoms with van der Waals surface area (Å²) in [7, 11) is 0. The summed E-state index contributed by atoms with van der Waals surface area (Å²) in [5.74, 6) is -1.80. The summed E-state index contributed by atoms with van der Waals surface area (Å²) >= 11 is 0. The summed E-state index contributed by atoms with van der Waals surface area (Å²) in [6, 6.07) is 13.5. The van der Waals surface area contributed by atoms with Gasteiger partial charge in [0.05, 0.1) is 29.8 Å². The zero-order valence-corrected chi connectivity index (χ0v) is 18.1. The van der Waals surface area contributed by atoms with Crippen LogP contribution in [0, 0.1) is 10.1 Å². The van der Waals surface area contributed by atoms with E-state index in [9.17, 15) is 24.8 Å². The van der Waals surface area contributed by atoms with Crippen LogP contribution in [-0.2, 0) is 14.3 Å². The summed E-state index contributed by atoms with van der Waals surface area (Å²) in [5, 5.41) is 22.3. The molecule has 1 atom stereocenters.